The first kappa shape index (κ1) is 31.5. The van der Waals surface area contributed by atoms with Crippen LogP contribution in [0.5, 0.6) is 0 Å². The van der Waals surface area contributed by atoms with Gasteiger partial charge in [0.05, 0.1) is 12.7 Å². The zero-order valence-electron chi connectivity index (χ0n) is 19.0. The van der Waals surface area contributed by atoms with Gasteiger partial charge in [-0.05, 0) is 26.7 Å². The van der Waals surface area contributed by atoms with Crippen LogP contribution in [-0.4, -0.2) is 31.7 Å². The predicted octanol–water partition coefficient (Wildman–Crippen LogP) is 2.66. The van der Waals surface area contributed by atoms with Crippen molar-refractivity contribution in [2.75, 3.05) is 6.61 Å². The van der Waals surface area contributed by atoms with E-state index in [1.807, 2.05) is 13.8 Å². The molecule has 8 heteroatoms. The molecule has 0 rings (SSSR count). The van der Waals surface area contributed by atoms with Gasteiger partial charge in [0, 0.05) is 6.42 Å². The van der Waals surface area contributed by atoms with Gasteiger partial charge in [-0.3, -0.25) is 8.98 Å². The van der Waals surface area contributed by atoms with Crippen LogP contribution in [0.15, 0.2) is 0 Å². The van der Waals surface area contributed by atoms with Crippen molar-refractivity contribution in [3.05, 3.63) is 0 Å². The predicted molar refractivity (Wildman–Crippen MR) is 111 cm³/mol. The van der Waals surface area contributed by atoms with Crippen LogP contribution in [0, 0.1) is 0 Å². The Balaban J connectivity index is 0. The van der Waals surface area contributed by atoms with E-state index in [0.717, 1.165) is 32.1 Å². The van der Waals surface area contributed by atoms with E-state index in [1.165, 1.54) is 57.8 Å². The molecule has 0 fully saturated rings. The van der Waals surface area contributed by atoms with Crippen LogP contribution < -0.4 is 29.6 Å². The molecule has 0 aromatic rings. The summed E-state index contributed by atoms with van der Waals surface area (Å²) in [7, 11) is -4.52. The van der Waals surface area contributed by atoms with Gasteiger partial charge in [-0.15, -0.1) is 0 Å². The van der Waals surface area contributed by atoms with Crippen LogP contribution in [0.4, 0.5) is 0 Å². The van der Waals surface area contributed by atoms with E-state index in [-0.39, 0.29) is 48.2 Å². The van der Waals surface area contributed by atoms with E-state index in [1.54, 1.807) is 0 Å². The van der Waals surface area contributed by atoms with Crippen LogP contribution in [0.3, 0.4) is 0 Å². The monoisotopic (exact) mass is 444 g/mol. The molecule has 0 aliphatic carbocycles. The molecule has 0 spiro atoms. The summed E-state index contributed by atoms with van der Waals surface area (Å²) in [5, 5.41) is 0. The minimum Gasteiger partial charge on any atom is -0.726 e. The number of unbranched alkanes of at least 4 members (excludes halogenated alkanes) is 14. The first-order valence-electron chi connectivity index (χ1n) is 11.1. The van der Waals surface area contributed by atoms with Gasteiger partial charge in [-0.2, -0.15) is 0 Å². The largest absolute Gasteiger partial charge is 1.00 e. The van der Waals surface area contributed by atoms with Gasteiger partial charge in [0.1, 0.15) is 0 Å². The first-order chi connectivity index (χ1) is 13.3. The van der Waals surface area contributed by atoms with E-state index in [2.05, 4.69) is 4.18 Å². The normalized spacial score (nSPS) is 11.4. The Labute approximate surface area is 201 Å². The van der Waals surface area contributed by atoms with Crippen LogP contribution in [-0.2, 0) is 24.1 Å². The number of esters is 1. The maximum absolute atomic E-state index is 11.4. The minimum absolute atomic E-state index is 0. The van der Waals surface area contributed by atoms with Gasteiger partial charge < -0.3 is 9.29 Å². The van der Waals surface area contributed by atoms with Crippen LogP contribution in [0.1, 0.15) is 117 Å². The minimum atomic E-state index is -4.52. The summed E-state index contributed by atoms with van der Waals surface area (Å²) in [5.74, 6) is -0.0706. The maximum Gasteiger partial charge on any atom is 1.00 e. The van der Waals surface area contributed by atoms with Gasteiger partial charge in [-0.1, -0.05) is 83.5 Å². The van der Waals surface area contributed by atoms with E-state index < -0.39 is 10.4 Å². The van der Waals surface area contributed by atoms with Gasteiger partial charge in [0.15, 0.2) is 0 Å². The standard InChI is InChI=1S/C21H42O6S.Na/c1-20(2)27-21(22)18-16-14-12-10-8-6-4-3-5-7-9-11-13-15-17-19-26-28(23,24)25;/h20H,3-19H2,1-2H3,(H,23,24,25);/q;+1/p-1. The third kappa shape index (κ3) is 28.3. The van der Waals surface area contributed by atoms with Crippen molar-refractivity contribution in [1.29, 1.82) is 0 Å². The number of rotatable bonds is 20. The molecule has 0 bridgehead atoms. The molecule has 0 N–H and O–H groups in total. The van der Waals surface area contributed by atoms with Crippen molar-refractivity contribution < 1.29 is 56.2 Å². The van der Waals surface area contributed by atoms with Crippen LogP contribution >= 0.6 is 0 Å². The summed E-state index contributed by atoms with van der Waals surface area (Å²) in [6.07, 6.45) is 17.8. The number of hydrogen-bond acceptors (Lipinski definition) is 6. The van der Waals surface area contributed by atoms with Crippen LogP contribution in [0.25, 0.3) is 0 Å². The number of carbonyl (C=O) groups is 1. The summed E-state index contributed by atoms with van der Waals surface area (Å²) in [6.45, 7) is 3.77. The Bertz CT molecular complexity index is 468. The smallest absolute Gasteiger partial charge is 0.726 e. The fourth-order valence-corrected chi connectivity index (χ4v) is 3.47. The van der Waals surface area contributed by atoms with Crippen molar-refractivity contribution in [3.63, 3.8) is 0 Å². The number of hydrogen-bond donors (Lipinski definition) is 0. The van der Waals surface area contributed by atoms with Crippen molar-refractivity contribution in [1.82, 2.24) is 0 Å². The maximum atomic E-state index is 11.4. The topological polar surface area (TPSA) is 92.7 Å². The summed E-state index contributed by atoms with van der Waals surface area (Å²) in [5.41, 5.74) is 0. The molecule has 6 nitrogen and oxygen atoms in total. The Morgan fingerprint density at radius 2 is 1.07 bits per heavy atom. The molecule has 0 atom stereocenters. The zero-order chi connectivity index (χ0) is 21.1. The molecule has 0 amide bonds. The Kier molecular flexibility index (Phi) is 23.4. The third-order valence-corrected chi connectivity index (χ3v) is 5.08. The molecule has 0 saturated carbocycles. The summed E-state index contributed by atoms with van der Waals surface area (Å²) >= 11 is 0. The molecule has 0 aliphatic rings. The molecule has 0 saturated heterocycles. The SMILES string of the molecule is CC(C)OC(=O)CCCCCCCCCCCCCCCCCOS(=O)(=O)[O-].[Na+]. The van der Waals surface area contributed by atoms with Crippen molar-refractivity contribution in [2.24, 2.45) is 0 Å². The van der Waals surface area contributed by atoms with E-state index in [0.29, 0.717) is 12.8 Å². The second-order valence-electron chi connectivity index (χ2n) is 7.82. The Morgan fingerprint density at radius 3 is 1.41 bits per heavy atom. The van der Waals surface area contributed by atoms with Crippen molar-refractivity contribution in [3.8, 4) is 0 Å². The molecular weight excluding hydrogens is 403 g/mol. The molecular formula is C21H41NaO6S. The average Bonchev–Trinajstić information content (AvgIpc) is 2.59. The average molecular weight is 445 g/mol. The quantitative estimate of drug-likeness (QED) is 0.0942. The van der Waals surface area contributed by atoms with Gasteiger partial charge in [-0.25, -0.2) is 8.42 Å². The first-order valence-corrected chi connectivity index (χ1v) is 12.4. The second kappa shape index (κ2) is 21.6. The summed E-state index contributed by atoms with van der Waals surface area (Å²) < 4.78 is 40.0. The van der Waals surface area contributed by atoms with Gasteiger partial charge in [0.25, 0.3) is 0 Å². The fourth-order valence-electron chi connectivity index (χ4n) is 3.15. The molecule has 0 radical (unpaired) electrons. The van der Waals surface area contributed by atoms with Crippen LogP contribution in [0.2, 0.25) is 0 Å². The number of carbonyl (C=O) groups excluding carboxylic acids is 1. The summed E-state index contributed by atoms with van der Waals surface area (Å²) in [6, 6.07) is 0. The molecule has 0 heterocycles. The van der Waals surface area contributed by atoms with Crippen molar-refractivity contribution >= 4 is 16.4 Å². The molecule has 0 aliphatic heterocycles. The molecule has 168 valence electrons. The molecule has 0 aromatic heterocycles. The van der Waals surface area contributed by atoms with E-state index >= 15 is 0 Å². The Morgan fingerprint density at radius 1 is 0.724 bits per heavy atom. The van der Waals surface area contributed by atoms with Gasteiger partial charge in [0.2, 0.25) is 10.4 Å². The van der Waals surface area contributed by atoms with Crippen molar-refractivity contribution in [2.45, 2.75) is 123 Å². The van der Waals surface area contributed by atoms with Gasteiger partial charge >= 0.3 is 35.5 Å². The Hall–Kier alpha value is 0.340. The molecule has 0 unspecified atom stereocenters. The zero-order valence-corrected chi connectivity index (χ0v) is 21.8. The van der Waals surface area contributed by atoms with E-state index in [4.69, 9.17) is 4.74 Å². The summed E-state index contributed by atoms with van der Waals surface area (Å²) in [4.78, 5) is 11.4. The molecule has 0 aromatic carbocycles. The third-order valence-electron chi connectivity index (χ3n) is 4.62. The number of ether oxygens (including phenoxy) is 1. The second-order valence-corrected chi connectivity index (χ2v) is 8.87. The molecule has 29 heavy (non-hydrogen) atoms. The fraction of sp³-hybridized carbons (Fsp3) is 0.952. The van der Waals surface area contributed by atoms with E-state index in [9.17, 15) is 17.8 Å².